The van der Waals surface area contributed by atoms with Crippen molar-refractivity contribution in [3.63, 3.8) is 0 Å². The number of carbonyl (C=O) groups is 2. The predicted octanol–water partition coefficient (Wildman–Crippen LogP) is 2.41. The molecule has 2 aromatic rings. The van der Waals surface area contributed by atoms with Crippen molar-refractivity contribution in [2.24, 2.45) is 13.0 Å². The van der Waals surface area contributed by atoms with E-state index >= 15 is 0 Å². The molecule has 0 aliphatic heterocycles. The zero-order valence-corrected chi connectivity index (χ0v) is 12.5. The van der Waals surface area contributed by atoms with Crippen molar-refractivity contribution in [2.75, 3.05) is 0 Å². The van der Waals surface area contributed by atoms with Crippen molar-refractivity contribution in [2.45, 2.75) is 26.3 Å². The smallest absolute Gasteiger partial charge is 0.326 e. The van der Waals surface area contributed by atoms with Crippen LogP contribution < -0.4 is 5.32 Å². The van der Waals surface area contributed by atoms with Crippen LogP contribution in [0.4, 0.5) is 0 Å². The number of amides is 1. The van der Waals surface area contributed by atoms with E-state index in [1.165, 1.54) is 0 Å². The summed E-state index contributed by atoms with van der Waals surface area (Å²) in [5.41, 5.74) is 1.51. The van der Waals surface area contributed by atoms with Gasteiger partial charge in [0.2, 0.25) is 0 Å². The highest BCUT2D eigenvalue weighted by Gasteiger charge is 2.25. The summed E-state index contributed by atoms with van der Waals surface area (Å²) in [5.74, 6) is -1.47. The molecule has 1 heterocycles. The van der Waals surface area contributed by atoms with E-state index in [4.69, 9.17) is 0 Å². The quantitative estimate of drug-likeness (QED) is 0.887. The Kier molecular flexibility index (Phi) is 4.31. The topological polar surface area (TPSA) is 71.3 Å². The number of rotatable bonds is 5. The maximum absolute atomic E-state index is 12.2. The number of hydrogen-bond acceptors (Lipinski definition) is 2. The summed E-state index contributed by atoms with van der Waals surface area (Å²) in [6.07, 6.45) is 2.61. The molecule has 1 aromatic heterocycles. The highest BCUT2D eigenvalue weighted by Crippen LogP contribution is 2.17. The monoisotopic (exact) mass is 288 g/mol. The van der Waals surface area contributed by atoms with Gasteiger partial charge in [0.25, 0.3) is 5.91 Å². The maximum atomic E-state index is 12.2. The van der Waals surface area contributed by atoms with Crippen molar-refractivity contribution in [1.82, 2.24) is 9.88 Å². The average molecular weight is 288 g/mol. The van der Waals surface area contributed by atoms with Crippen LogP contribution >= 0.6 is 0 Å². The van der Waals surface area contributed by atoms with Gasteiger partial charge < -0.3 is 15.0 Å². The van der Waals surface area contributed by atoms with Crippen LogP contribution in [0, 0.1) is 5.92 Å². The van der Waals surface area contributed by atoms with Crippen molar-refractivity contribution < 1.29 is 14.7 Å². The lowest BCUT2D eigenvalue weighted by Gasteiger charge is -2.20. The third-order valence-electron chi connectivity index (χ3n) is 3.91. The van der Waals surface area contributed by atoms with Gasteiger partial charge in [0, 0.05) is 29.7 Å². The Labute approximate surface area is 123 Å². The fourth-order valence-electron chi connectivity index (χ4n) is 2.33. The summed E-state index contributed by atoms with van der Waals surface area (Å²) < 4.78 is 1.97. The van der Waals surface area contributed by atoms with Crippen LogP contribution in [0.25, 0.3) is 10.9 Å². The van der Waals surface area contributed by atoms with Crippen LogP contribution in [0.3, 0.4) is 0 Å². The number of carboxylic acid groups (broad SMARTS) is 1. The summed E-state index contributed by atoms with van der Waals surface area (Å²) in [6.45, 7) is 3.72. The van der Waals surface area contributed by atoms with Gasteiger partial charge in [-0.1, -0.05) is 20.3 Å². The van der Waals surface area contributed by atoms with Gasteiger partial charge in [-0.25, -0.2) is 4.79 Å². The molecule has 5 nitrogen and oxygen atoms in total. The van der Waals surface area contributed by atoms with E-state index in [-0.39, 0.29) is 11.8 Å². The zero-order valence-electron chi connectivity index (χ0n) is 12.5. The molecule has 2 atom stereocenters. The Morgan fingerprint density at radius 2 is 2.05 bits per heavy atom. The van der Waals surface area contributed by atoms with Crippen LogP contribution in [-0.2, 0) is 11.8 Å². The van der Waals surface area contributed by atoms with Gasteiger partial charge in [-0.05, 0) is 30.2 Å². The lowest BCUT2D eigenvalue weighted by atomic mass is 9.99. The molecule has 0 radical (unpaired) electrons. The molecule has 0 saturated carbocycles. The van der Waals surface area contributed by atoms with Crippen LogP contribution in [0.1, 0.15) is 30.6 Å². The fraction of sp³-hybridized carbons (Fsp3) is 0.375. The largest absolute Gasteiger partial charge is 0.480 e. The van der Waals surface area contributed by atoms with E-state index in [1.807, 2.05) is 43.8 Å². The predicted molar refractivity (Wildman–Crippen MR) is 81.3 cm³/mol. The Bertz CT molecular complexity index is 675. The standard InChI is InChI=1S/C16H20N2O3/c1-4-10(2)14(16(20)21)17-15(19)12-5-6-13-11(9-12)7-8-18(13)3/h5-10,14H,4H2,1-3H3,(H,17,19)(H,20,21)/t10-,14-/m1/s1. The number of carboxylic acids is 1. The minimum absolute atomic E-state index is 0.119. The van der Waals surface area contributed by atoms with E-state index in [1.54, 1.807) is 12.1 Å². The maximum Gasteiger partial charge on any atom is 0.326 e. The molecule has 0 saturated heterocycles. The summed E-state index contributed by atoms with van der Waals surface area (Å²) in [5, 5.41) is 12.8. The summed E-state index contributed by atoms with van der Waals surface area (Å²) in [7, 11) is 1.94. The zero-order chi connectivity index (χ0) is 15.6. The van der Waals surface area contributed by atoms with Crippen LogP contribution in [0.5, 0.6) is 0 Å². The number of aryl methyl sites for hydroxylation is 1. The third kappa shape index (κ3) is 3.07. The van der Waals surface area contributed by atoms with Crippen molar-refractivity contribution >= 4 is 22.8 Å². The number of fused-ring (bicyclic) bond motifs is 1. The first-order chi connectivity index (χ1) is 9.93. The van der Waals surface area contributed by atoms with Crippen molar-refractivity contribution in [3.05, 3.63) is 36.0 Å². The van der Waals surface area contributed by atoms with Gasteiger partial charge in [-0.2, -0.15) is 0 Å². The molecule has 112 valence electrons. The first-order valence-electron chi connectivity index (χ1n) is 7.02. The second-order valence-electron chi connectivity index (χ2n) is 5.38. The third-order valence-corrected chi connectivity index (χ3v) is 3.91. The number of hydrogen-bond donors (Lipinski definition) is 2. The van der Waals surface area contributed by atoms with Crippen molar-refractivity contribution in [1.29, 1.82) is 0 Å². The number of carbonyl (C=O) groups excluding carboxylic acids is 1. The van der Waals surface area contributed by atoms with Gasteiger partial charge in [0.15, 0.2) is 0 Å². The molecule has 0 bridgehead atoms. The van der Waals surface area contributed by atoms with Crippen LogP contribution in [0.15, 0.2) is 30.5 Å². The minimum Gasteiger partial charge on any atom is -0.480 e. The normalized spacial score (nSPS) is 13.9. The molecule has 0 unspecified atom stereocenters. The number of aliphatic carboxylic acids is 1. The Balaban J connectivity index is 2.22. The minimum atomic E-state index is -1.00. The summed E-state index contributed by atoms with van der Waals surface area (Å²) in [6, 6.07) is 6.42. The first kappa shape index (κ1) is 15.1. The number of nitrogens with one attached hydrogen (secondary N) is 1. The van der Waals surface area contributed by atoms with E-state index in [0.29, 0.717) is 12.0 Å². The van der Waals surface area contributed by atoms with Gasteiger partial charge >= 0.3 is 5.97 Å². The molecule has 0 spiro atoms. The van der Waals surface area contributed by atoms with Gasteiger partial charge in [0.05, 0.1) is 0 Å². The molecular weight excluding hydrogens is 268 g/mol. The van der Waals surface area contributed by atoms with Crippen LogP contribution in [-0.4, -0.2) is 27.6 Å². The molecule has 2 N–H and O–H groups in total. The molecule has 21 heavy (non-hydrogen) atoms. The molecule has 0 aliphatic rings. The fourth-order valence-corrected chi connectivity index (χ4v) is 2.33. The highest BCUT2D eigenvalue weighted by atomic mass is 16.4. The second-order valence-corrected chi connectivity index (χ2v) is 5.38. The summed E-state index contributed by atoms with van der Waals surface area (Å²) in [4.78, 5) is 23.5. The van der Waals surface area contributed by atoms with E-state index < -0.39 is 12.0 Å². The Hall–Kier alpha value is -2.30. The van der Waals surface area contributed by atoms with E-state index in [2.05, 4.69) is 5.32 Å². The molecule has 2 rings (SSSR count). The molecule has 5 heteroatoms. The molecule has 1 amide bonds. The van der Waals surface area contributed by atoms with Gasteiger partial charge in [-0.3, -0.25) is 4.79 Å². The number of nitrogens with zero attached hydrogens (tertiary/aromatic N) is 1. The molecule has 0 fully saturated rings. The molecule has 1 aromatic carbocycles. The Morgan fingerprint density at radius 1 is 1.33 bits per heavy atom. The van der Waals surface area contributed by atoms with Crippen molar-refractivity contribution in [3.8, 4) is 0 Å². The van der Waals surface area contributed by atoms with Gasteiger partial charge in [-0.15, -0.1) is 0 Å². The van der Waals surface area contributed by atoms with E-state index in [0.717, 1.165) is 10.9 Å². The summed E-state index contributed by atoms with van der Waals surface area (Å²) >= 11 is 0. The van der Waals surface area contributed by atoms with Gasteiger partial charge in [0.1, 0.15) is 6.04 Å². The second kappa shape index (κ2) is 5.99. The first-order valence-corrected chi connectivity index (χ1v) is 7.02. The van der Waals surface area contributed by atoms with E-state index in [9.17, 15) is 14.7 Å². The highest BCUT2D eigenvalue weighted by molar-refractivity contribution is 5.99. The lowest BCUT2D eigenvalue weighted by molar-refractivity contribution is -0.140. The lowest BCUT2D eigenvalue weighted by Crippen LogP contribution is -2.45. The Morgan fingerprint density at radius 3 is 2.67 bits per heavy atom. The SMILES string of the molecule is CC[C@@H](C)[C@@H](NC(=O)c1ccc2c(ccn2C)c1)C(=O)O. The van der Waals surface area contributed by atoms with Crippen LogP contribution in [0.2, 0.25) is 0 Å². The average Bonchev–Trinajstić information content (AvgIpc) is 2.84. The molecular formula is C16H20N2O3. The number of aromatic nitrogens is 1. The molecule has 0 aliphatic carbocycles. The number of benzene rings is 1.